The molecule has 53 heavy (non-hydrogen) atoms. The molecule has 0 amide bonds. The summed E-state index contributed by atoms with van der Waals surface area (Å²) in [6.45, 7) is 13.1. The van der Waals surface area contributed by atoms with Crippen LogP contribution in [0, 0.1) is 28.6 Å². The lowest BCUT2D eigenvalue weighted by atomic mass is 9.52. The average Bonchev–Trinajstić information content (AvgIpc) is 3.94. The summed E-state index contributed by atoms with van der Waals surface area (Å²) in [5.41, 5.74) is 2.72. The minimum absolute atomic E-state index is 0.0394. The van der Waals surface area contributed by atoms with Gasteiger partial charge in [-0.3, -0.25) is 14.5 Å². The number of carbonyl (C=O) groups is 4. The molecule has 4 heterocycles. The number of rotatable bonds is 8. The van der Waals surface area contributed by atoms with Crippen molar-refractivity contribution in [2.45, 2.75) is 71.6 Å². The molecule has 7 aliphatic rings. The van der Waals surface area contributed by atoms with Crippen molar-refractivity contribution in [2.24, 2.45) is 28.6 Å². The maximum Gasteiger partial charge on any atom is 0.328 e. The number of carboxylic acid groups (broad SMARTS) is 2. The lowest BCUT2D eigenvalue weighted by Gasteiger charge is -2.52. The number of aromatic nitrogens is 2. The number of piperazine rings is 1. The van der Waals surface area contributed by atoms with Crippen LogP contribution in [0.4, 0.5) is 17.6 Å². The van der Waals surface area contributed by atoms with Gasteiger partial charge in [0.2, 0.25) is 5.95 Å². The van der Waals surface area contributed by atoms with Gasteiger partial charge < -0.3 is 24.9 Å². The largest absolute Gasteiger partial charge is 0.478 e. The monoisotopic (exact) mass is 726 g/mol. The molecule has 2 N–H and O–H groups in total. The van der Waals surface area contributed by atoms with Gasteiger partial charge in [0.25, 0.3) is 0 Å². The van der Waals surface area contributed by atoms with Gasteiger partial charge in [-0.15, -0.1) is 0 Å². The fourth-order valence-electron chi connectivity index (χ4n) is 10.4. The third-order valence-electron chi connectivity index (χ3n) is 13.3. The lowest BCUT2D eigenvalue weighted by molar-refractivity contribution is -0.134. The number of nitrogens with zero attached hydrogens (tertiary/aromatic N) is 6. The van der Waals surface area contributed by atoms with Crippen LogP contribution in [0.3, 0.4) is 0 Å². The summed E-state index contributed by atoms with van der Waals surface area (Å²) >= 11 is 0. The van der Waals surface area contributed by atoms with Gasteiger partial charge in [0, 0.05) is 81.9 Å². The van der Waals surface area contributed by atoms with Crippen LogP contribution in [0.2, 0.25) is 0 Å². The fraction of sp³-hybridized carbons (Fsp3) is 0.610. The first kappa shape index (κ1) is 37.0. The normalized spacial score (nSPS) is 31.0. The molecule has 2 saturated carbocycles. The molecule has 284 valence electrons. The van der Waals surface area contributed by atoms with Crippen molar-refractivity contribution in [3.8, 4) is 0 Å². The molecule has 12 nitrogen and oxygen atoms in total. The van der Waals surface area contributed by atoms with Gasteiger partial charge in [-0.1, -0.05) is 30.2 Å². The van der Waals surface area contributed by atoms with Gasteiger partial charge >= 0.3 is 11.9 Å². The molecule has 8 rings (SSSR count). The van der Waals surface area contributed by atoms with E-state index in [2.05, 4.69) is 51.7 Å². The van der Waals surface area contributed by atoms with E-state index >= 15 is 0 Å². The Kier molecular flexibility index (Phi) is 10.6. The Morgan fingerprint density at radius 1 is 0.830 bits per heavy atom. The Bertz CT molecular complexity index is 1680. The van der Waals surface area contributed by atoms with Gasteiger partial charge in [-0.2, -0.15) is 9.97 Å². The molecule has 5 atom stereocenters. The third-order valence-corrected chi connectivity index (χ3v) is 13.3. The number of hydrogen-bond acceptors (Lipinski definition) is 10. The van der Waals surface area contributed by atoms with Gasteiger partial charge in [-0.25, -0.2) is 9.59 Å². The van der Waals surface area contributed by atoms with Crippen LogP contribution in [0.5, 0.6) is 0 Å². The van der Waals surface area contributed by atoms with Crippen molar-refractivity contribution in [3.63, 3.8) is 0 Å². The van der Waals surface area contributed by atoms with E-state index in [0.717, 1.165) is 102 Å². The van der Waals surface area contributed by atoms with Gasteiger partial charge in [0.1, 0.15) is 17.4 Å². The zero-order chi connectivity index (χ0) is 37.3. The highest BCUT2D eigenvalue weighted by Gasteiger charge is 2.57. The minimum atomic E-state index is -1.26. The van der Waals surface area contributed by atoms with Crippen LogP contribution in [0.15, 0.2) is 53.7 Å². The molecule has 1 aromatic heterocycles. The van der Waals surface area contributed by atoms with Crippen molar-refractivity contribution in [1.29, 1.82) is 0 Å². The SMILES string of the molecule is C[C@]12C=CC(=O)C=C1CCC1C2=CC[C@]2(C)C(C(=O)CN3CCN(c4cc(N5CCCC5)nc(N5CCCC5)n4)CC3)CCC12.O=C(O)/C=C\C(=O)O. The van der Waals surface area contributed by atoms with E-state index in [1.807, 2.05) is 6.08 Å². The summed E-state index contributed by atoms with van der Waals surface area (Å²) in [5.74, 6) is 2.31. The average molecular weight is 727 g/mol. The summed E-state index contributed by atoms with van der Waals surface area (Å²) in [7, 11) is 0. The van der Waals surface area contributed by atoms with Crippen LogP contribution in [-0.2, 0) is 19.2 Å². The van der Waals surface area contributed by atoms with Gasteiger partial charge in [0.15, 0.2) is 5.78 Å². The topological polar surface area (TPSA) is 147 Å². The zero-order valence-corrected chi connectivity index (χ0v) is 31.2. The Hall–Kier alpha value is -4.32. The van der Waals surface area contributed by atoms with Crippen LogP contribution < -0.4 is 14.7 Å². The summed E-state index contributed by atoms with van der Waals surface area (Å²) in [5, 5.41) is 15.6. The number of ketones is 2. The maximum atomic E-state index is 14.0. The van der Waals surface area contributed by atoms with E-state index in [4.69, 9.17) is 20.2 Å². The molecule has 3 saturated heterocycles. The third kappa shape index (κ3) is 7.57. The Morgan fingerprint density at radius 2 is 1.43 bits per heavy atom. The molecular weight excluding hydrogens is 672 g/mol. The molecule has 3 unspecified atom stereocenters. The van der Waals surface area contributed by atoms with Gasteiger partial charge in [-0.05, 0) is 94.1 Å². The van der Waals surface area contributed by atoms with Gasteiger partial charge in [0.05, 0.1) is 6.54 Å². The standard InChI is InChI=1S/C37H50N6O2.C4H4O4/c1-36-13-11-27(44)23-26(36)7-8-28-29-9-10-31(37(29,2)14-12-30(28)36)32(45)25-40-19-21-42(22-20-40)34-24-33(41-15-3-4-16-41)38-35(39-34)43-17-5-6-18-43;5-3(6)1-2-4(7)8/h11-13,23-24,28-29,31H,3-10,14-22,25H2,1-2H3;1-2H,(H,5,6)(H,7,8)/b;2-1-/t28?,29?,31?,36-,37-;/m0./s1. The molecule has 5 fully saturated rings. The molecule has 0 radical (unpaired) electrons. The Balaban J connectivity index is 0.000000491. The molecule has 0 spiro atoms. The minimum Gasteiger partial charge on any atom is -0.478 e. The summed E-state index contributed by atoms with van der Waals surface area (Å²) in [6.07, 6.45) is 19.6. The molecule has 1 aromatic rings. The van der Waals surface area contributed by atoms with E-state index in [-0.39, 0.29) is 22.5 Å². The number of carbonyl (C=O) groups excluding carboxylic acids is 2. The quantitative estimate of drug-likeness (QED) is 0.277. The van der Waals surface area contributed by atoms with Crippen LogP contribution in [-0.4, -0.2) is 107 Å². The number of allylic oxidation sites excluding steroid dienone is 6. The lowest BCUT2D eigenvalue weighted by Crippen LogP contribution is -2.50. The first-order chi connectivity index (χ1) is 25.4. The first-order valence-corrected chi connectivity index (χ1v) is 19.6. The molecule has 3 aliphatic heterocycles. The summed E-state index contributed by atoms with van der Waals surface area (Å²) in [4.78, 5) is 64.9. The number of aliphatic carboxylic acids is 2. The predicted molar refractivity (Wildman–Crippen MR) is 203 cm³/mol. The molecule has 4 aliphatic carbocycles. The molecule has 0 aromatic carbocycles. The summed E-state index contributed by atoms with van der Waals surface area (Å²) in [6, 6.07) is 2.21. The van der Waals surface area contributed by atoms with Crippen molar-refractivity contribution < 1.29 is 29.4 Å². The highest BCUT2D eigenvalue weighted by Crippen LogP contribution is 2.64. The van der Waals surface area contributed by atoms with Crippen LogP contribution >= 0.6 is 0 Å². The smallest absolute Gasteiger partial charge is 0.328 e. The molecule has 0 bridgehead atoms. The number of Topliss-reactive ketones (excluding diaryl/α,β-unsaturated/α-hetero) is 1. The highest BCUT2D eigenvalue weighted by atomic mass is 16.4. The predicted octanol–water partition coefficient (Wildman–Crippen LogP) is 4.92. The Labute approximate surface area is 312 Å². The van der Waals surface area contributed by atoms with E-state index in [1.165, 1.54) is 36.8 Å². The second-order valence-electron chi connectivity index (χ2n) is 16.4. The van der Waals surface area contributed by atoms with Crippen LogP contribution in [0.1, 0.15) is 71.6 Å². The molecule has 12 heteroatoms. The second kappa shape index (κ2) is 15.2. The maximum absolute atomic E-state index is 14.0. The number of carboxylic acids is 2. The second-order valence-corrected chi connectivity index (χ2v) is 16.4. The van der Waals surface area contributed by atoms with Crippen molar-refractivity contribution in [3.05, 3.63) is 53.7 Å². The zero-order valence-electron chi connectivity index (χ0n) is 31.2. The fourth-order valence-corrected chi connectivity index (χ4v) is 10.4. The van der Waals surface area contributed by atoms with E-state index < -0.39 is 11.9 Å². The highest BCUT2D eigenvalue weighted by molar-refractivity contribution is 6.01. The summed E-state index contributed by atoms with van der Waals surface area (Å²) < 4.78 is 0. The van der Waals surface area contributed by atoms with Crippen molar-refractivity contribution in [2.75, 3.05) is 73.6 Å². The van der Waals surface area contributed by atoms with E-state index in [1.54, 1.807) is 6.08 Å². The van der Waals surface area contributed by atoms with E-state index in [0.29, 0.717) is 36.3 Å². The van der Waals surface area contributed by atoms with E-state index in [9.17, 15) is 19.2 Å². The number of anilines is 3. The molecular formula is C41H54N6O6. The number of fused-ring (bicyclic) bond motifs is 5. The Morgan fingerprint density at radius 3 is 2.06 bits per heavy atom. The number of hydrogen-bond donors (Lipinski definition) is 2. The van der Waals surface area contributed by atoms with Crippen molar-refractivity contribution in [1.82, 2.24) is 14.9 Å². The van der Waals surface area contributed by atoms with Crippen LogP contribution in [0.25, 0.3) is 0 Å². The first-order valence-electron chi connectivity index (χ1n) is 19.6. The van der Waals surface area contributed by atoms with Crippen molar-refractivity contribution >= 4 is 41.1 Å².